The number of hydrogen-bond donors (Lipinski definition) is 5. The van der Waals surface area contributed by atoms with Crippen molar-refractivity contribution in [2.24, 2.45) is 0 Å². The summed E-state index contributed by atoms with van der Waals surface area (Å²) in [5.41, 5.74) is 3.27. The van der Waals surface area contributed by atoms with Crippen LogP contribution in [0, 0.1) is 19.7 Å². The van der Waals surface area contributed by atoms with Gasteiger partial charge in [0.25, 0.3) is 11.5 Å². The number of phenols is 2. The molecule has 2 unspecified atom stereocenters. The second-order valence-electron chi connectivity index (χ2n) is 17.7. The van der Waals surface area contributed by atoms with Crippen LogP contribution in [0.25, 0.3) is 39.4 Å². The van der Waals surface area contributed by atoms with Gasteiger partial charge in [0.05, 0.1) is 52.3 Å². The summed E-state index contributed by atoms with van der Waals surface area (Å²) in [6, 6.07) is 12.5. The van der Waals surface area contributed by atoms with Crippen LogP contribution in [-0.4, -0.2) is 99.2 Å². The number of nitrogens with zero attached hydrogens (tertiary/aromatic N) is 6. The van der Waals surface area contributed by atoms with Crippen LogP contribution >= 0.6 is 0 Å². The molecule has 2 fully saturated rings. The van der Waals surface area contributed by atoms with Gasteiger partial charge in [0.1, 0.15) is 23.9 Å². The Morgan fingerprint density at radius 2 is 1.80 bits per heavy atom. The predicted molar refractivity (Wildman–Crippen MR) is 232 cm³/mol. The number of aromatic amines is 1. The molecule has 0 spiro atoms. The first-order valence-corrected chi connectivity index (χ1v) is 21.7. The van der Waals surface area contributed by atoms with Crippen molar-refractivity contribution in [1.82, 2.24) is 39.4 Å². The Labute approximate surface area is 373 Å². The molecule has 18 nitrogen and oxygen atoms in total. The fourth-order valence-corrected chi connectivity index (χ4v) is 10.5. The first-order valence-electron chi connectivity index (χ1n) is 21.7. The number of aromatic hydroxyl groups is 2. The van der Waals surface area contributed by atoms with Crippen molar-refractivity contribution < 1.29 is 43.6 Å². The number of nitrogens with one attached hydrogen (secondary N) is 2. The van der Waals surface area contributed by atoms with Gasteiger partial charge in [-0.05, 0) is 85.2 Å². The zero-order chi connectivity index (χ0) is 46.1. The molecule has 11 rings (SSSR count). The average molecular weight is 899 g/mol. The number of benzene rings is 3. The molecule has 3 aromatic heterocycles. The number of aliphatic hydroxyl groups is 1. The Balaban J connectivity index is 0.753. The number of pyridine rings is 2. The molecular weight excluding hydrogens is 856 g/mol. The van der Waals surface area contributed by atoms with Crippen LogP contribution < -0.4 is 16.6 Å². The molecule has 1 aliphatic carbocycles. The Morgan fingerprint density at radius 1 is 1.02 bits per heavy atom. The van der Waals surface area contributed by atoms with Crippen molar-refractivity contribution in [2.75, 3.05) is 19.7 Å². The molecule has 3 aromatic carbocycles. The first-order chi connectivity index (χ1) is 31.6. The topological polar surface area (TPSA) is 234 Å². The van der Waals surface area contributed by atoms with Gasteiger partial charge in [0.15, 0.2) is 18.0 Å². The average Bonchev–Trinajstić information content (AvgIpc) is 3.86. The Hall–Kier alpha value is -7.38. The molecular formula is C47H43FN8O10. The Bertz CT molecular complexity index is 3250. The van der Waals surface area contributed by atoms with Crippen LogP contribution in [0.2, 0.25) is 0 Å². The second-order valence-corrected chi connectivity index (χ2v) is 17.7. The molecule has 0 bridgehead atoms. The normalized spacial score (nSPS) is 21.3. The molecule has 2 saturated heterocycles. The van der Waals surface area contributed by atoms with Gasteiger partial charge in [0, 0.05) is 54.3 Å². The number of phenolic OH excluding ortho intramolecular Hbond substituents is 2. The number of carbonyl (C=O) groups is 3. The first kappa shape index (κ1) is 41.3. The maximum absolute atomic E-state index is 15.4. The largest absolute Gasteiger partial charge is 0.508 e. The van der Waals surface area contributed by atoms with E-state index in [9.17, 15) is 39.3 Å². The number of halogens is 1. The van der Waals surface area contributed by atoms with E-state index < -0.39 is 47.4 Å². The lowest BCUT2D eigenvalue weighted by Crippen LogP contribution is -2.79. The van der Waals surface area contributed by atoms with Gasteiger partial charge < -0.3 is 39.6 Å². The number of ether oxygens (including phenoxy) is 2. The summed E-state index contributed by atoms with van der Waals surface area (Å²) in [6.45, 7) is 6.00. The minimum Gasteiger partial charge on any atom is -0.508 e. The molecule has 338 valence electrons. The molecule has 4 atom stereocenters. The quantitative estimate of drug-likeness (QED) is 0.137. The Kier molecular flexibility index (Phi) is 9.28. The predicted octanol–water partition coefficient (Wildman–Crippen LogP) is 3.60. The van der Waals surface area contributed by atoms with E-state index in [1.807, 2.05) is 12.1 Å². The van der Waals surface area contributed by atoms with Gasteiger partial charge in [0.2, 0.25) is 0 Å². The summed E-state index contributed by atoms with van der Waals surface area (Å²) < 4.78 is 28.9. The van der Waals surface area contributed by atoms with Gasteiger partial charge in [-0.1, -0.05) is 19.1 Å². The standard InChI is InChI=1S/C47H43FN8O10/c1-4-47(64)29-12-33-41-27(16-55(33)43(60)28(29)19-65-44(47)61)40-31(10-9-25-22(3)30(48)13-32(49-41)39(25)40)50-46(63)66-20-38(59)54-18-34-35(54)17-53(34)15-23-5-7-24(8-6-23)56-42(51-52-45(56)62)26-11-21(2)36(57)14-37(26)58/h5-8,11-14,31,34-35,57-58,64H,4,9-10,15-20H2,1-3H3,(H,50,63)(H,52,62)/t31-,34?,35?,47-/m0/s1. The lowest BCUT2D eigenvalue weighted by Gasteiger charge is -2.61. The van der Waals surface area contributed by atoms with Crippen LogP contribution in [0.5, 0.6) is 11.5 Å². The lowest BCUT2D eigenvalue weighted by atomic mass is 9.81. The number of aromatic nitrogens is 5. The van der Waals surface area contributed by atoms with Crippen LogP contribution in [0.15, 0.2) is 58.1 Å². The van der Waals surface area contributed by atoms with Crippen molar-refractivity contribution in [3.8, 4) is 40.0 Å². The number of carbonyl (C=O) groups excluding carboxylic acids is 3. The van der Waals surface area contributed by atoms with Gasteiger partial charge in [-0.25, -0.2) is 33.4 Å². The van der Waals surface area contributed by atoms with Gasteiger partial charge in [-0.15, -0.1) is 0 Å². The third kappa shape index (κ3) is 6.09. The molecule has 5 N–H and O–H groups in total. The second kappa shape index (κ2) is 14.8. The molecule has 5 aliphatic rings. The van der Waals surface area contributed by atoms with E-state index in [1.54, 1.807) is 49.9 Å². The van der Waals surface area contributed by atoms with Crippen molar-refractivity contribution >= 4 is 28.9 Å². The molecule has 6 aromatic rings. The molecule has 4 aliphatic heterocycles. The smallest absolute Gasteiger partial charge is 0.408 e. The number of amides is 2. The van der Waals surface area contributed by atoms with Crippen molar-refractivity contribution in [1.29, 1.82) is 0 Å². The van der Waals surface area contributed by atoms with Crippen LogP contribution in [0.1, 0.15) is 70.3 Å². The van der Waals surface area contributed by atoms with E-state index in [0.717, 1.165) is 11.1 Å². The number of H-pyrrole nitrogens is 1. The van der Waals surface area contributed by atoms with E-state index in [2.05, 4.69) is 20.4 Å². The summed E-state index contributed by atoms with van der Waals surface area (Å²) in [5, 5.41) is 42.0. The van der Waals surface area contributed by atoms with Crippen LogP contribution in [0.3, 0.4) is 0 Å². The highest BCUT2D eigenvalue weighted by Crippen LogP contribution is 2.46. The lowest BCUT2D eigenvalue weighted by molar-refractivity contribution is -0.172. The van der Waals surface area contributed by atoms with Crippen LogP contribution in [0.4, 0.5) is 9.18 Å². The van der Waals surface area contributed by atoms with Gasteiger partial charge >= 0.3 is 17.8 Å². The number of piperazine rings is 1. The molecule has 66 heavy (non-hydrogen) atoms. The number of esters is 1. The minimum absolute atomic E-state index is 0.0250. The van der Waals surface area contributed by atoms with Crippen LogP contribution in [-0.2, 0) is 50.8 Å². The monoisotopic (exact) mass is 898 g/mol. The molecule has 2 amide bonds. The zero-order valence-corrected chi connectivity index (χ0v) is 36.0. The number of hydrogen-bond acceptors (Lipinski definition) is 13. The Morgan fingerprint density at radius 3 is 2.55 bits per heavy atom. The van der Waals surface area contributed by atoms with E-state index in [1.165, 1.54) is 21.3 Å². The van der Waals surface area contributed by atoms with Crippen molar-refractivity contribution in [2.45, 2.75) is 83.5 Å². The molecule has 0 radical (unpaired) electrons. The molecule has 0 saturated carbocycles. The fraction of sp³-hybridized carbons (Fsp3) is 0.340. The molecule has 19 heteroatoms. The van der Waals surface area contributed by atoms with E-state index in [0.29, 0.717) is 82.7 Å². The maximum Gasteiger partial charge on any atom is 0.408 e. The zero-order valence-electron chi connectivity index (χ0n) is 36.0. The number of alkyl carbamates (subject to hydrolysis) is 1. The van der Waals surface area contributed by atoms with Gasteiger partial charge in [-0.2, -0.15) is 5.10 Å². The third-order valence-corrected chi connectivity index (χ3v) is 14.2. The van der Waals surface area contributed by atoms with Crippen molar-refractivity contribution in [3.63, 3.8) is 0 Å². The van der Waals surface area contributed by atoms with E-state index in [4.69, 9.17) is 14.5 Å². The summed E-state index contributed by atoms with van der Waals surface area (Å²) >= 11 is 0. The summed E-state index contributed by atoms with van der Waals surface area (Å²) in [5.74, 6) is -1.71. The van der Waals surface area contributed by atoms with E-state index >= 15 is 4.39 Å². The minimum atomic E-state index is -2.02. The number of likely N-dealkylation sites (tertiary alicyclic amines) is 2. The van der Waals surface area contributed by atoms with E-state index in [-0.39, 0.29) is 71.6 Å². The summed E-state index contributed by atoms with van der Waals surface area (Å²) in [6.07, 6.45) is -0.0245. The highest BCUT2D eigenvalue weighted by atomic mass is 19.1. The maximum atomic E-state index is 15.4. The SMILES string of the molecule is CC[C@@]1(O)C(=O)OCc2c1cc1n(c2=O)Cc2c-1nc1cc(F)c(C)c3c1c2[C@@H](NC(=O)OCC(=O)N1CC2C1CN2Cc1ccc(-n2c(-c4cc(C)c(O)cc4O)n[nH]c2=O)cc1)CC3. The molecule has 7 heterocycles. The number of aryl methyl sites for hydroxylation is 2. The number of fused-ring (bicyclic) bond motifs is 6. The summed E-state index contributed by atoms with van der Waals surface area (Å²) in [7, 11) is 0. The fourth-order valence-electron chi connectivity index (χ4n) is 10.5. The van der Waals surface area contributed by atoms with Gasteiger partial charge in [-0.3, -0.25) is 14.5 Å². The highest BCUT2D eigenvalue weighted by molar-refractivity contribution is 5.94. The van der Waals surface area contributed by atoms with Crippen molar-refractivity contribution in [3.05, 3.63) is 120 Å². The highest BCUT2D eigenvalue weighted by Gasteiger charge is 2.53. The number of cyclic esters (lactones) is 1. The third-order valence-electron chi connectivity index (χ3n) is 14.2. The summed E-state index contributed by atoms with van der Waals surface area (Å²) in [4.78, 5) is 75.1. The number of rotatable bonds is 8.